The van der Waals surface area contributed by atoms with E-state index in [1.165, 1.54) is 5.57 Å². The van der Waals surface area contributed by atoms with Crippen molar-refractivity contribution in [1.29, 1.82) is 0 Å². The molecule has 0 aliphatic heterocycles. The Morgan fingerprint density at radius 3 is 2.82 bits per heavy atom. The highest BCUT2D eigenvalue weighted by Gasteiger charge is 2.43. The molecule has 2 aliphatic rings. The third-order valence-electron chi connectivity index (χ3n) is 3.10. The average Bonchev–Trinajstić information content (AvgIpc) is 2.44. The fraction of sp³-hybridized carbons (Fsp3) is 0.667. The van der Waals surface area contributed by atoms with E-state index in [0.29, 0.717) is 11.8 Å². The summed E-state index contributed by atoms with van der Waals surface area (Å²) in [5.41, 5.74) is 1.38. The first-order valence-corrected chi connectivity index (χ1v) is 4.12. The highest BCUT2D eigenvalue weighted by molar-refractivity contribution is 5.72. The molecule has 0 aromatic heterocycles. The van der Waals surface area contributed by atoms with Crippen LogP contribution in [-0.2, 0) is 4.79 Å². The van der Waals surface area contributed by atoms with Gasteiger partial charge in [0.15, 0.2) is 0 Å². The second-order valence-electron chi connectivity index (χ2n) is 3.63. The van der Waals surface area contributed by atoms with Crippen LogP contribution < -0.4 is 0 Å². The number of fused-ring (bicyclic) bond motifs is 2. The first kappa shape index (κ1) is 6.89. The largest absolute Gasteiger partial charge is 0.481 e. The minimum atomic E-state index is -0.606. The molecule has 1 saturated carbocycles. The summed E-state index contributed by atoms with van der Waals surface area (Å²) in [7, 11) is 0. The van der Waals surface area contributed by atoms with Crippen molar-refractivity contribution in [1.82, 2.24) is 0 Å². The fourth-order valence-electron chi connectivity index (χ4n) is 2.47. The standard InChI is InChI=1S/C9H12O2/c1-5-6-2-3-7(4-6)8(5)9(10)11/h2,5,7-8H,3-4H2,1H3,(H,10,11). The van der Waals surface area contributed by atoms with E-state index in [0.717, 1.165) is 12.8 Å². The summed E-state index contributed by atoms with van der Waals surface area (Å²) in [6, 6.07) is 0. The number of hydrogen-bond donors (Lipinski definition) is 1. The fourth-order valence-corrected chi connectivity index (χ4v) is 2.47. The molecule has 2 rings (SSSR count). The molecule has 0 radical (unpaired) electrons. The maximum atomic E-state index is 10.8. The maximum absolute atomic E-state index is 10.8. The van der Waals surface area contributed by atoms with E-state index < -0.39 is 5.97 Å². The van der Waals surface area contributed by atoms with Gasteiger partial charge >= 0.3 is 5.97 Å². The highest BCUT2D eigenvalue weighted by Crippen LogP contribution is 2.48. The molecule has 0 spiro atoms. The number of aliphatic carboxylic acids is 1. The Morgan fingerprint density at radius 2 is 2.45 bits per heavy atom. The lowest BCUT2D eigenvalue weighted by atomic mass is 9.85. The van der Waals surface area contributed by atoms with Crippen LogP contribution in [0.25, 0.3) is 0 Å². The van der Waals surface area contributed by atoms with Gasteiger partial charge in [0.2, 0.25) is 0 Å². The van der Waals surface area contributed by atoms with E-state index in [1.54, 1.807) is 0 Å². The molecule has 0 amide bonds. The summed E-state index contributed by atoms with van der Waals surface area (Å²) in [6.45, 7) is 2.03. The monoisotopic (exact) mass is 152 g/mol. The Labute approximate surface area is 65.9 Å². The van der Waals surface area contributed by atoms with Crippen molar-refractivity contribution >= 4 is 5.97 Å². The first-order valence-electron chi connectivity index (χ1n) is 4.12. The van der Waals surface area contributed by atoms with Crippen LogP contribution in [0.2, 0.25) is 0 Å². The number of carboxylic acid groups (broad SMARTS) is 1. The van der Waals surface area contributed by atoms with E-state index in [9.17, 15) is 4.79 Å². The second kappa shape index (κ2) is 2.10. The number of carboxylic acids is 1. The van der Waals surface area contributed by atoms with Gasteiger partial charge in [0, 0.05) is 0 Å². The highest BCUT2D eigenvalue weighted by atomic mass is 16.4. The van der Waals surface area contributed by atoms with Crippen molar-refractivity contribution in [3.05, 3.63) is 11.6 Å². The van der Waals surface area contributed by atoms with Gasteiger partial charge < -0.3 is 5.11 Å². The van der Waals surface area contributed by atoms with Crippen LogP contribution in [0.1, 0.15) is 19.8 Å². The van der Waals surface area contributed by atoms with Gasteiger partial charge in [0.1, 0.15) is 0 Å². The predicted octanol–water partition coefficient (Wildman–Crippen LogP) is 1.67. The van der Waals surface area contributed by atoms with Gasteiger partial charge in [-0.15, -0.1) is 0 Å². The zero-order chi connectivity index (χ0) is 8.01. The van der Waals surface area contributed by atoms with Crippen LogP contribution in [0.15, 0.2) is 11.6 Å². The van der Waals surface area contributed by atoms with Gasteiger partial charge in [0.25, 0.3) is 0 Å². The Bertz CT molecular complexity index is 230. The maximum Gasteiger partial charge on any atom is 0.307 e. The Balaban J connectivity index is 2.26. The summed E-state index contributed by atoms with van der Waals surface area (Å²) in [4.78, 5) is 10.8. The van der Waals surface area contributed by atoms with Crippen molar-refractivity contribution < 1.29 is 9.90 Å². The Hall–Kier alpha value is -0.790. The Morgan fingerprint density at radius 1 is 1.73 bits per heavy atom. The molecule has 3 atom stereocenters. The second-order valence-corrected chi connectivity index (χ2v) is 3.63. The van der Waals surface area contributed by atoms with E-state index in [2.05, 4.69) is 6.08 Å². The molecule has 2 aliphatic carbocycles. The van der Waals surface area contributed by atoms with Crippen molar-refractivity contribution in [3.63, 3.8) is 0 Å². The van der Waals surface area contributed by atoms with Gasteiger partial charge in [-0.1, -0.05) is 18.6 Å². The van der Waals surface area contributed by atoms with Crippen LogP contribution in [-0.4, -0.2) is 11.1 Å². The minimum Gasteiger partial charge on any atom is -0.481 e. The topological polar surface area (TPSA) is 37.3 Å². The summed E-state index contributed by atoms with van der Waals surface area (Å²) < 4.78 is 0. The van der Waals surface area contributed by atoms with Crippen LogP contribution in [0.4, 0.5) is 0 Å². The molecule has 60 valence electrons. The van der Waals surface area contributed by atoms with E-state index in [1.807, 2.05) is 6.92 Å². The lowest BCUT2D eigenvalue weighted by Crippen LogP contribution is -2.24. The number of rotatable bonds is 1. The SMILES string of the molecule is CC1C2=CCC(C2)C1C(=O)O. The van der Waals surface area contributed by atoms with Crippen molar-refractivity contribution in [3.8, 4) is 0 Å². The molecule has 0 aromatic carbocycles. The first-order chi connectivity index (χ1) is 5.20. The van der Waals surface area contributed by atoms with Gasteiger partial charge in [0.05, 0.1) is 5.92 Å². The van der Waals surface area contributed by atoms with Gasteiger partial charge in [-0.05, 0) is 24.7 Å². The summed E-state index contributed by atoms with van der Waals surface area (Å²) in [5, 5.41) is 8.88. The van der Waals surface area contributed by atoms with E-state index in [4.69, 9.17) is 5.11 Å². The van der Waals surface area contributed by atoms with Crippen molar-refractivity contribution in [2.45, 2.75) is 19.8 Å². The van der Waals surface area contributed by atoms with E-state index in [-0.39, 0.29) is 5.92 Å². The third-order valence-corrected chi connectivity index (χ3v) is 3.10. The third kappa shape index (κ3) is 0.817. The molecule has 2 nitrogen and oxygen atoms in total. The number of hydrogen-bond acceptors (Lipinski definition) is 1. The molecule has 11 heavy (non-hydrogen) atoms. The van der Waals surface area contributed by atoms with Crippen molar-refractivity contribution in [2.75, 3.05) is 0 Å². The molecule has 0 heterocycles. The van der Waals surface area contributed by atoms with Crippen LogP contribution in [0.3, 0.4) is 0 Å². The number of carbonyl (C=O) groups is 1. The quantitative estimate of drug-likeness (QED) is 0.580. The van der Waals surface area contributed by atoms with Crippen LogP contribution in [0.5, 0.6) is 0 Å². The molecule has 3 unspecified atom stereocenters. The molecule has 2 bridgehead atoms. The van der Waals surface area contributed by atoms with Gasteiger partial charge in [-0.3, -0.25) is 4.79 Å². The molecular formula is C9H12O2. The molecule has 0 saturated heterocycles. The number of allylic oxidation sites excluding steroid dienone is 2. The zero-order valence-corrected chi connectivity index (χ0v) is 6.58. The molecular weight excluding hydrogens is 140 g/mol. The summed E-state index contributed by atoms with van der Waals surface area (Å²) in [6.07, 6.45) is 4.25. The van der Waals surface area contributed by atoms with Gasteiger partial charge in [-0.2, -0.15) is 0 Å². The summed E-state index contributed by atoms with van der Waals surface area (Å²) in [5.74, 6) is 0.0179. The zero-order valence-electron chi connectivity index (χ0n) is 6.58. The van der Waals surface area contributed by atoms with E-state index >= 15 is 0 Å². The summed E-state index contributed by atoms with van der Waals surface area (Å²) >= 11 is 0. The molecule has 2 heteroatoms. The van der Waals surface area contributed by atoms with Crippen LogP contribution >= 0.6 is 0 Å². The lowest BCUT2D eigenvalue weighted by molar-refractivity contribution is -0.144. The predicted molar refractivity (Wildman–Crippen MR) is 41.1 cm³/mol. The lowest BCUT2D eigenvalue weighted by Gasteiger charge is -2.19. The normalized spacial score (nSPS) is 40.8. The molecule has 1 N–H and O–H groups in total. The minimum absolute atomic E-state index is 0.0880. The molecule has 0 aromatic rings. The molecule has 1 fully saturated rings. The van der Waals surface area contributed by atoms with Gasteiger partial charge in [-0.25, -0.2) is 0 Å². The van der Waals surface area contributed by atoms with Crippen molar-refractivity contribution in [2.24, 2.45) is 17.8 Å². The Kier molecular flexibility index (Phi) is 1.31. The average molecular weight is 152 g/mol. The smallest absolute Gasteiger partial charge is 0.307 e. The van der Waals surface area contributed by atoms with Crippen LogP contribution in [0, 0.1) is 17.8 Å².